The van der Waals surface area contributed by atoms with Crippen molar-refractivity contribution in [1.82, 2.24) is 0 Å². The van der Waals surface area contributed by atoms with Crippen molar-refractivity contribution in [2.24, 2.45) is 0 Å². The van der Waals surface area contributed by atoms with Crippen LogP contribution in [0.3, 0.4) is 0 Å². The summed E-state index contributed by atoms with van der Waals surface area (Å²) in [6.07, 6.45) is 2.46. The van der Waals surface area contributed by atoms with Gasteiger partial charge in [-0.25, -0.2) is 0 Å². The minimum absolute atomic E-state index is 0.196. The summed E-state index contributed by atoms with van der Waals surface area (Å²) in [5, 5.41) is 2.63. The van der Waals surface area contributed by atoms with E-state index in [1.807, 2.05) is 0 Å². The van der Waals surface area contributed by atoms with E-state index in [1.54, 1.807) is 0 Å². The summed E-state index contributed by atoms with van der Waals surface area (Å²) < 4.78 is 0. The highest BCUT2D eigenvalue weighted by molar-refractivity contribution is 5.91. The van der Waals surface area contributed by atoms with Crippen LogP contribution < -0.4 is 4.90 Å². The highest BCUT2D eigenvalue weighted by Crippen LogP contribution is 2.47. The fourth-order valence-electron chi connectivity index (χ4n) is 5.90. The van der Waals surface area contributed by atoms with E-state index in [0.29, 0.717) is 0 Å². The van der Waals surface area contributed by atoms with Gasteiger partial charge in [-0.15, -0.1) is 0 Å². The molecule has 0 bridgehead atoms. The summed E-state index contributed by atoms with van der Waals surface area (Å²) in [5.41, 5.74) is 9.40. The SMILES string of the molecule is CC1(C)CCC(C)(C)c2cc3cc(N(c4ccccc4)c4ccc(-c5ccccc5)cc4)ccc3cc21. The maximum absolute atomic E-state index is 2.47. The topological polar surface area (TPSA) is 3.24 Å². The Morgan fingerprint density at radius 2 is 0.946 bits per heavy atom. The molecule has 0 radical (unpaired) electrons. The lowest BCUT2D eigenvalue weighted by molar-refractivity contribution is 0.332. The molecular formula is C36H35N. The number of rotatable bonds is 4. The summed E-state index contributed by atoms with van der Waals surface area (Å²) >= 11 is 0. The summed E-state index contributed by atoms with van der Waals surface area (Å²) in [6.45, 7) is 9.61. The first-order chi connectivity index (χ1) is 17.8. The molecule has 0 fully saturated rings. The third-order valence-electron chi connectivity index (χ3n) is 8.30. The molecule has 0 atom stereocenters. The number of para-hydroxylation sites is 1. The Bertz CT molecular complexity index is 1540. The Morgan fingerprint density at radius 3 is 1.57 bits per heavy atom. The van der Waals surface area contributed by atoms with E-state index in [0.717, 1.165) is 11.4 Å². The highest BCUT2D eigenvalue weighted by atomic mass is 15.1. The van der Waals surface area contributed by atoms with Gasteiger partial charge in [-0.1, -0.05) is 107 Å². The molecule has 0 aromatic heterocycles. The van der Waals surface area contributed by atoms with Crippen molar-refractivity contribution in [2.75, 3.05) is 4.90 Å². The smallest absolute Gasteiger partial charge is 0.0468 e. The van der Waals surface area contributed by atoms with Crippen LogP contribution in [0.2, 0.25) is 0 Å². The summed E-state index contributed by atoms with van der Waals surface area (Å²) in [5.74, 6) is 0. The summed E-state index contributed by atoms with van der Waals surface area (Å²) in [6, 6.07) is 42.0. The number of nitrogens with zero attached hydrogens (tertiary/aromatic N) is 1. The third kappa shape index (κ3) is 4.33. The van der Waals surface area contributed by atoms with E-state index >= 15 is 0 Å². The predicted octanol–water partition coefficient (Wildman–Crippen LogP) is 10.3. The van der Waals surface area contributed by atoms with E-state index < -0.39 is 0 Å². The van der Waals surface area contributed by atoms with Crippen LogP contribution in [-0.4, -0.2) is 0 Å². The molecule has 1 aliphatic carbocycles. The number of anilines is 3. The molecule has 184 valence electrons. The molecule has 0 N–H and O–H groups in total. The van der Waals surface area contributed by atoms with E-state index in [-0.39, 0.29) is 10.8 Å². The summed E-state index contributed by atoms with van der Waals surface area (Å²) in [7, 11) is 0. The van der Waals surface area contributed by atoms with Gasteiger partial charge in [0, 0.05) is 17.1 Å². The highest BCUT2D eigenvalue weighted by Gasteiger charge is 2.37. The fraction of sp³-hybridized carbons (Fsp3) is 0.222. The molecule has 0 amide bonds. The normalized spacial score (nSPS) is 15.8. The second-order valence-electron chi connectivity index (χ2n) is 11.8. The van der Waals surface area contributed by atoms with Gasteiger partial charge in [-0.3, -0.25) is 0 Å². The van der Waals surface area contributed by atoms with Crippen molar-refractivity contribution in [3.8, 4) is 11.1 Å². The van der Waals surface area contributed by atoms with E-state index in [4.69, 9.17) is 0 Å². The Kier molecular flexibility index (Phi) is 5.68. The molecule has 5 aromatic carbocycles. The van der Waals surface area contributed by atoms with Crippen molar-refractivity contribution in [3.63, 3.8) is 0 Å². The van der Waals surface area contributed by atoms with Gasteiger partial charge in [-0.2, -0.15) is 0 Å². The van der Waals surface area contributed by atoms with E-state index in [2.05, 4.69) is 148 Å². The van der Waals surface area contributed by atoms with Gasteiger partial charge in [0.25, 0.3) is 0 Å². The zero-order chi connectivity index (χ0) is 25.6. The zero-order valence-electron chi connectivity index (χ0n) is 22.3. The molecule has 0 unspecified atom stereocenters. The van der Waals surface area contributed by atoms with Crippen molar-refractivity contribution >= 4 is 27.8 Å². The molecule has 1 heteroatoms. The lowest BCUT2D eigenvalue weighted by atomic mass is 9.63. The average Bonchev–Trinajstić information content (AvgIpc) is 2.92. The van der Waals surface area contributed by atoms with Crippen molar-refractivity contribution in [3.05, 3.63) is 126 Å². The molecule has 0 heterocycles. The van der Waals surface area contributed by atoms with Gasteiger partial charge in [0.15, 0.2) is 0 Å². The molecule has 0 aliphatic heterocycles. The molecule has 0 spiro atoms. The maximum Gasteiger partial charge on any atom is 0.0468 e. The van der Waals surface area contributed by atoms with Gasteiger partial charge in [0.1, 0.15) is 0 Å². The number of hydrogen-bond acceptors (Lipinski definition) is 1. The Balaban J connectivity index is 1.47. The molecule has 5 aromatic rings. The largest absolute Gasteiger partial charge is 0.310 e. The fourth-order valence-corrected chi connectivity index (χ4v) is 5.90. The van der Waals surface area contributed by atoms with Crippen LogP contribution in [0.4, 0.5) is 17.1 Å². The monoisotopic (exact) mass is 481 g/mol. The molecular weight excluding hydrogens is 446 g/mol. The molecule has 0 saturated carbocycles. The van der Waals surface area contributed by atoms with E-state index in [1.165, 1.54) is 51.6 Å². The molecule has 37 heavy (non-hydrogen) atoms. The summed E-state index contributed by atoms with van der Waals surface area (Å²) in [4.78, 5) is 2.36. The Hall–Kier alpha value is -3.84. The lowest BCUT2D eigenvalue weighted by Gasteiger charge is -2.42. The van der Waals surface area contributed by atoms with Crippen LogP contribution in [0.5, 0.6) is 0 Å². The van der Waals surface area contributed by atoms with Crippen molar-refractivity contribution in [2.45, 2.75) is 51.4 Å². The maximum atomic E-state index is 2.47. The molecule has 0 saturated heterocycles. The quantitative estimate of drug-likeness (QED) is 0.247. The number of fused-ring (bicyclic) bond motifs is 2. The minimum Gasteiger partial charge on any atom is -0.310 e. The second kappa shape index (κ2) is 8.92. The van der Waals surface area contributed by atoms with Crippen LogP contribution >= 0.6 is 0 Å². The average molecular weight is 482 g/mol. The predicted molar refractivity (Wildman–Crippen MR) is 159 cm³/mol. The van der Waals surface area contributed by atoms with Crippen molar-refractivity contribution < 1.29 is 0 Å². The van der Waals surface area contributed by atoms with Crippen LogP contribution in [0.25, 0.3) is 21.9 Å². The molecule has 6 rings (SSSR count). The van der Waals surface area contributed by atoms with Crippen LogP contribution in [0.15, 0.2) is 115 Å². The van der Waals surface area contributed by atoms with Gasteiger partial charge in [0.2, 0.25) is 0 Å². The van der Waals surface area contributed by atoms with Gasteiger partial charge in [-0.05, 0) is 93.1 Å². The first-order valence-electron chi connectivity index (χ1n) is 13.4. The Morgan fingerprint density at radius 1 is 0.459 bits per heavy atom. The van der Waals surface area contributed by atoms with Crippen molar-refractivity contribution in [1.29, 1.82) is 0 Å². The first-order valence-corrected chi connectivity index (χ1v) is 13.4. The molecule has 1 nitrogen and oxygen atoms in total. The van der Waals surface area contributed by atoms with Crippen LogP contribution in [-0.2, 0) is 10.8 Å². The third-order valence-corrected chi connectivity index (χ3v) is 8.30. The minimum atomic E-state index is 0.196. The standard InChI is InChI=1S/C36H35N/c1-35(2)21-22-36(3,4)34-25-29-23-32(20-17-28(29)24-33(34)35)37(30-13-9-6-10-14-30)31-18-15-27(16-19-31)26-11-7-5-8-12-26/h5-20,23-25H,21-22H2,1-4H3. The zero-order valence-corrected chi connectivity index (χ0v) is 22.3. The van der Waals surface area contributed by atoms with Crippen LogP contribution in [0, 0.1) is 0 Å². The number of hydrogen-bond donors (Lipinski definition) is 0. The first kappa shape index (κ1) is 23.6. The second-order valence-corrected chi connectivity index (χ2v) is 11.8. The molecule has 1 aliphatic rings. The number of benzene rings is 5. The van der Waals surface area contributed by atoms with Gasteiger partial charge >= 0.3 is 0 Å². The Labute approximate surface area is 221 Å². The van der Waals surface area contributed by atoms with E-state index in [9.17, 15) is 0 Å². The van der Waals surface area contributed by atoms with Crippen LogP contribution in [0.1, 0.15) is 51.7 Å². The lowest BCUT2D eigenvalue weighted by Crippen LogP contribution is -2.33. The van der Waals surface area contributed by atoms with Gasteiger partial charge in [0.05, 0.1) is 0 Å². The van der Waals surface area contributed by atoms with Gasteiger partial charge < -0.3 is 4.90 Å².